The molecule has 1 aliphatic rings. The molecule has 0 radical (unpaired) electrons. The molecule has 0 spiro atoms. The molecule has 0 aliphatic carbocycles. The Kier molecular flexibility index (Phi) is 6.04. The third kappa shape index (κ3) is 4.65. The van der Waals surface area contributed by atoms with Gasteiger partial charge in [-0.1, -0.05) is 59.4 Å². The number of aromatic nitrogens is 1. The lowest BCUT2D eigenvalue weighted by Gasteiger charge is -2.22. The maximum Gasteiger partial charge on any atom is 0.292 e. The fourth-order valence-electron chi connectivity index (χ4n) is 3.73. The molecule has 3 heterocycles. The molecule has 1 amide bonds. The number of aryl methyl sites for hydroxylation is 1. The van der Waals surface area contributed by atoms with E-state index in [1.807, 2.05) is 68.5 Å². The van der Waals surface area contributed by atoms with Crippen LogP contribution in [0.15, 0.2) is 83.0 Å². The summed E-state index contributed by atoms with van der Waals surface area (Å²) in [6.45, 7) is 3.95. The van der Waals surface area contributed by atoms with E-state index in [1.165, 1.54) is 17.6 Å². The number of allylic oxidation sites excluding steroid dienone is 1. The number of carbonyl (C=O) groups excluding carboxylic acids is 1. The first-order valence-electron chi connectivity index (χ1n) is 11.0. The van der Waals surface area contributed by atoms with E-state index in [0.29, 0.717) is 21.3 Å². The van der Waals surface area contributed by atoms with Crippen LogP contribution < -0.4 is 10.1 Å². The van der Waals surface area contributed by atoms with Gasteiger partial charge in [0.25, 0.3) is 5.91 Å². The fraction of sp³-hybridized carbons (Fsp3) is 0.107. The van der Waals surface area contributed by atoms with Crippen molar-refractivity contribution < 1.29 is 13.9 Å². The maximum atomic E-state index is 12.7. The Morgan fingerprint density at radius 2 is 1.94 bits per heavy atom. The van der Waals surface area contributed by atoms with Gasteiger partial charge >= 0.3 is 0 Å². The molecule has 0 bridgehead atoms. The molecule has 172 valence electrons. The summed E-state index contributed by atoms with van der Waals surface area (Å²) in [5.74, 6) is 0.631. The molecule has 0 fully saturated rings. The summed E-state index contributed by atoms with van der Waals surface area (Å²) >= 11 is 1.25. The lowest BCUT2D eigenvalue weighted by atomic mass is 10.0. The average Bonchev–Trinajstić information content (AvgIpc) is 3.54. The summed E-state index contributed by atoms with van der Waals surface area (Å²) < 4.78 is 11.3. The zero-order valence-corrected chi connectivity index (χ0v) is 19.9. The van der Waals surface area contributed by atoms with Gasteiger partial charge in [0.1, 0.15) is 33.6 Å². The highest BCUT2D eigenvalue weighted by Gasteiger charge is 2.22. The molecule has 2 aromatic carbocycles. The first-order chi connectivity index (χ1) is 17.0. The van der Waals surface area contributed by atoms with Gasteiger partial charge in [-0.3, -0.25) is 4.79 Å². The lowest BCUT2D eigenvalue weighted by Crippen LogP contribution is -2.17. The first-order valence-corrected chi connectivity index (χ1v) is 11.9. The van der Waals surface area contributed by atoms with E-state index in [1.54, 1.807) is 18.2 Å². The molecule has 1 N–H and O–H groups in total. The van der Waals surface area contributed by atoms with Crippen molar-refractivity contribution in [3.05, 3.63) is 100 Å². The minimum Gasteiger partial charge on any atom is -0.485 e. The fourth-order valence-corrected chi connectivity index (χ4v) is 4.68. The Morgan fingerprint density at radius 3 is 2.69 bits per heavy atom. The molecule has 0 saturated heterocycles. The maximum absolute atomic E-state index is 12.7. The Bertz CT molecular complexity index is 1490. The number of nitriles is 1. The molecule has 0 saturated carbocycles. The predicted octanol–water partition coefficient (Wildman–Crippen LogP) is 6.74. The largest absolute Gasteiger partial charge is 0.485 e. The number of hydrogen-bond donors (Lipinski definition) is 1. The molecule has 6 nitrogen and oxygen atoms in total. The van der Waals surface area contributed by atoms with E-state index in [0.717, 1.165) is 28.0 Å². The molecule has 4 aromatic rings. The molecule has 1 atom stereocenters. The number of fused-ring (bicyclic) bond motifs is 1. The SMILES string of the molecule is Cc1ccc(-c2nc(C(C#N)=CC3=Cc4ccccc4OC3C)sc2NC(=O)c2ccco2)cc1. The first kappa shape index (κ1) is 22.4. The summed E-state index contributed by atoms with van der Waals surface area (Å²) in [6.07, 6.45) is 5.05. The average molecular weight is 480 g/mol. The van der Waals surface area contributed by atoms with Crippen LogP contribution in [-0.4, -0.2) is 17.0 Å². The number of ether oxygens (including phenoxy) is 1. The van der Waals surface area contributed by atoms with Crippen LogP contribution >= 0.6 is 11.3 Å². The molecule has 5 rings (SSSR count). The number of furan rings is 1. The molecule has 1 aliphatic heterocycles. The van der Waals surface area contributed by atoms with E-state index in [2.05, 4.69) is 11.4 Å². The topological polar surface area (TPSA) is 88.1 Å². The Balaban J connectivity index is 1.55. The molecule has 35 heavy (non-hydrogen) atoms. The number of benzene rings is 2. The van der Waals surface area contributed by atoms with Crippen molar-refractivity contribution in [3.63, 3.8) is 0 Å². The van der Waals surface area contributed by atoms with Crippen molar-refractivity contribution in [2.45, 2.75) is 20.0 Å². The van der Waals surface area contributed by atoms with Gasteiger partial charge in [-0.15, -0.1) is 0 Å². The van der Waals surface area contributed by atoms with Crippen molar-refractivity contribution in [3.8, 4) is 23.1 Å². The number of carbonyl (C=O) groups is 1. The Morgan fingerprint density at radius 1 is 1.14 bits per heavy atom. The zero-order valence-electron chi connectivity index (χ0n) is 19.1. The summed E-state index contributed by atoms with van der Waals surface area (Å²) in [5.41, 5.74) is 4.77. The van der Waals surface area contributed by atoms with Gasteiger partial charge in [0.2, 0.25) is 0 Å². The number of rotatable bonds is 5. The van der Waals surface area contributed by atoms with E-state index in [9.17, 15) is 10.1 Å². The highest BCUT2D eigenvalue weighted by atomic mass is 32.1. The minimum atomic E-state index is -0.380. The highest BCUT2D eigenvalue weighted by Crippen LogP contribution is 2.38. The zero-order chi connectivity index (χ0) is 24.4. The number of amides is 1. The van der Waals surface area contributed by atoms with Gasteiger partial charge < -0.3 is 14.5 Å². The number of thiazole rings is 1. The summed E-state index contributed by atoms with van der Waals surface area (Å²) in [4.78, 5) is 17.5. The van der Waals surface area contributed by atoms with E-state index >= 15 is 0 Å². The molecule has 7 heteroatoms. The highest BCUT2D eigenvalue weighted by molar-refractivity contribution is 7.17. The van der Waals surface area contributed by atoms with E-state index in [-0.39, 0.29) is 17.8 Å². The second-order valence-electron chi connectivity index (χ2n) is 8.11. The van der Waals surface area contributed by atoms with Crippen LogP contribution in [0.1, 0.15) is 33.6 Å². The van der Waals surface area contributed by atoms with Crippen molar-refractivity contribution in [2.24, 2.45) is 0 Å². The molecule has 2 aromatic heterocycles. The van der Waals surface area contributed by atoms with Crippen LogP contribution in [-0.2, 0) is 0 Å². The smallest absolute Gasteiger partial charge is 0.292 e. The van der Waals surface area contributed by atoms with Gasteiger partial charge in [0, 0.05) is 11.1 Å². The van der Waals surface area contributed by atoms with E-state index < -0.39 is 0 Å². The number of anilines is 1. The number of para-hydroxylation sites is 1. The molecular formula is C28H21N3O3S. The molecular weight excluding hydrogens is 458 g/mol. The normalized spacial score (nSPS) is 14.9. The Labute approximate surface area is 206 Å². The standard InChI is InChI=1S/C28H21N3O3S/c1-17-9-11-19(12-10-17)25-28(31-26(32)24-8-5-13-33-24)35-27(30-25)22(16-29)15-21-14-20-6-3-4-7-23(20)34-18(21)2/h3-15,18H,1-2H3,(H,31,32). The van der Waals surface area contributed by atoms with Crippen LogP contribution in [0.5, 0.6) is 5.75 Å². The van der Waals surface area contributed by atoms with Crippen LogP contribution in [0.25, 0.3) is 22.9 Å². The van der Waals surface area contributed by atoms with Crippen LogP contribution in [0.4, 0.5) is 5.00 Å². The quantitative estimate of drug-likeness (QED) is 0.320. The van der Waals surface area contributed by atoms with Gasteiger partial charge in [0.05, 0.1) is 11.8 Å². The molecule has 1 unspecified atom stereocenters. The van der Waals surface area contributed by atoms with Crippen molar-refractivity contribution in [1.82, 2.24) is 4.98 Å². The van der Waals surface area contributed by atoms with Gasteiger partial charge in [0.15, 0.2) is 5.76 Å². The summed E-state index contributed by atoms with van der Waals surface area (Å²) in [7, 11) is 0. The third-order valence-corrected chi connectivity index (χ3v) is 6.60. The van der Waals surface area contributed by atoms with Crippen LogP contribution in [0.3, 0.4) is 0 Å². The van der Waals surface area contributed by atoms with Crippen molar-refractivity contribution in [2.75, 3.05) is 5.32 Å². The summed E-state index contributed by atoms with van der Waals surface area (Å²) in [6, 6.07) is 21.2. The van der Waals surface area contributed by atoms with Crippen LogP contribution in [0, 0.1) is 18.3 Å². The summed E-state index contributed by atoms with van der Waals surface area (Å²) in [5, 5.41) is 14.0. The number of nitrogens with one attached hydrogen (secondary N) is 1. The Hall–Kier alpha value is -4.41. The monoisotopic (exact) mass is 479 g/mol. The second-order valence-corrected chi connectivity index (χ2v) is 9.11. The second kappa shape index (κ2) is 9.45. The minimum absolute atomic E-state index is 0.197. The van der Waals surface area contributed by atoms with Gasteiger partial charge in [-0.05, 0) is 49.8 Å². The van der Waals surface area contributed by atoms with E-state index in [4.69, 9.17) is 14.1 Å². The lowest BCUT2D eigenvalue weighted by molar-refractivity contribution is 0.0997. The third-order valence-electron chi connectivity index (χ3n) is 5.60. The van der Waals surface area contributed by atoms with Gasteiger partial charge in [-0.25, -0.2) is 4.98 Å². The number of hydrogen-bond acceptors (Lipinski definition) is 6. The van der Waals surface area contributed by atoms with Crippen LogP contribution in [0.2, 0.25) is 0 Å². The van der Waals surface area contributed by atoms with Crippen molar-refractivity contribution >= 4 is 33.9 Å². The number of nitrogens with zero attached hydrogens (tertiary/aromatic N) is 2. The van der Waals surface area contributed by atoms with Gasteiger partial charge in [-0.2, -0.15) is 5.26 Å². The predicted molar refractivity (Wildman–Crippen MR) is 137 cm³/mol. The van der Waals surface area contributed by atoms with Crippen molar-refractivity contribution in [1.29, 1.82) is 5.26 Å².